The minimum absolute atomic E-state index is 0.190. The molecule has 1 aromatic rings. The summed E-state index contributed by atoms with van der Waals surface area (Å²) in [5, 5.41) is 11.4. The van der Waals surface area contributed by atoms with Crippen molar-refractivity contribution in [1.29, 1.82) is 0 Å². The van der Waals surface area contributed by atoms with Gasteiger partial charge in [0.2, 0.25) is 0 Å². The van der Waals surface area contributed by atoms with Crippen molar-refractivity contribution in [2.24, 2.45) is 0 Å². The van der Waals surface area contributed by atoms with Gasteiger partial charge in [-0.15, -0.1) is 0 Å². The van der Waals surface area contributed by atoms with Gasteiger partial charge in [-0.05, 0) is 39.0 Å². The van der Waals surface area contributed by atoms with E-state index in [0.717, 1.165) is 0 Å². The zero-order valence-corrected chi connectivity index (χ0v) is 12.6. The summed E-state index contributed by atoms with van der Waals surface area (Å²) in [4.78, 5) is 36.7. The number of hydrogen-bond acceptors (Lipinski definition) is 3. The number of hydrogen-bond donors (Lipinski definition) is 2. The number of nitrogens with one attached hydrogen (secondary N) is 1. The summed E-state index contributed by atoms with van der Waals surface area (Å²) >= 11 is 0. The lowest BCUT2D eigenvalue weighted by molar-refractivity contribution is -0.143. The number of amides is 2. The molecule has 0 aliphatic rings. The quantitative estimate of drug-likeness (QED) is 0.858. The molecule has 0 atom stereocenters. The fraction of sp³-hybridized carbons (Fsp3) is 0.400. The lowest BCUT2D eigenvalue weighted by atomic mass is 10.0. The first-order valence-electron chi connectivity index (χ1n) is 6.60. The first-order chi connectivity index (χ1) is 9.69. The van der Waals surface area contributed by atoms with Crippen molar-refractivity contribution in [1.82, 2.24) is 10.2 Å². The van der Waals surface area contributed by atoms with E-state index in [9.17, 15) is 14.4 Å². The van der Waals surface area contributed by atoms with Crippen molar-refractivity contribution in [3.05, 3.63) is 35.4 Å². The molecule has 0 radical (unpaired) electrons. The maximum Gasteiger partial charge on any atom is 0.328 e. The van der Waals surface area contributed by atoms with Crippen molar-refractivity contribution in [3.8, 4) is 0 Å². The summed E-state index contributed by atoms with van der Waals surface area (Å²) in [6, 6.07) is 6.21. The van der Waals surface area contributed by atoms with Crippen LogP contribution >= 0.6 is 0 Å². The second-order valence-corrected chi connectivity index (χ2v) is 5.28. The van der Waals surface area contributed by atoms with Crippen LogP contribution in [0.4, 0.5) is 0 Å². The van der Waals surface area contributed by atoms with Gasteiger partial charge in [0.1, 0.15) is 5.54 Å². The Kier molecular flexibility index (Phi) is 5.07. The molecular formula is C15H20N2O4. The molecule has 0 fully saturated rings. The molecule has 0 bridgehead atoms. The van der Waals surface area contributed by atoms with E-state index in [-0.39, 0.29) is 11.5 Å². The van der Waals surface area contributed by atoms with Crippen LogP contribution in [0.3, 0.4) is 0 Å². The number of carbonyl (C=O) groups is 3. The zero-order valence-electron chi connectivity index (χ0n) is 12.6. The van der Waals surface area contributed by atoms with Gasteiger partial charge in [-0.1, -0.05) is 6.07 Å². The average molecular weight is 292 g/mol. The number of carboxylic acid groups (broad SMARTS) is 1. The molecule has 0 spiro atoms. The first kappa shape index (κ1) is 16.7. The molecule has 1 rings (SSSR count). The van der Waals surface area contributed by atoms with Crippen molar-refractivity contribution >= 4 is 17.8 Å². The van der Waals surface area contributed by atoms with Gasteiger partial charge in [-0.3, -0.25) is 9.59 Å². The van der Waals surface area contributed by atoms with Crippen LogP contribution in [0, 0.1) is 0 Å². The minimum atomic E-state index is -1.38. The van der Waals surface area contributed by atoms with E-state index in [1.165, 1.54) is 30.9 Å². The van der Waals surface area contributed by atoms with Gasteiger partial charge < -0.3 is 15.3 Å². The molecule has 0 aliphatic heterocycles. The monoisotopic (exact) mass is 292 g/mol. The van der Waals surface area contributed by atoms with Gasteiger partial charge in [0.15, 0.2) is 0 Å². The standard InChI is InChI=1S/C15H20N2O4/c1-5-17(4)13(19)11-8-6-7-10(9-11)12(18)16-15(2,3)14(20)21/h6-9H,5H2,1-4H3,(H,16,18)(H,20,21). The van der Waals surface area contributed by atoms with E-state index in [1.807, 2.05) is 6.92 Å². The molecule has 2 N–H and O–H groups in total. The van der Waals surface area contributed by atoms with Crippen molar-refractivity contribution in [2.75, 3.05) is 13.6 Å². The molecule has 2 amide bonds. The second-order valence-electron chi connectivity index (χ2n) is 5.28. The number of nitrogens with zero attached hydrogens (tertiary/aromatic N) is 1. The highest BCUT2D eigenvalue weighted by atomic mass is 16.4. The third kappa shape index (κ3) is 4.05. The van der Waals surface area contributed by atoms with Crippen molar-refractivity contribution in [2.45, 2.75) is 26.3 Å². The average Bonchev–Trinajstić information content (AvgIpc) is 2.45. The van der Waals surface area contributed by atoms with Crippen LogP contribution in [-0.4, -0.2) is 46.9 Å². The summed E-state index contributed by atoms with van der Waals surface area (Å²) in [6.45, 7) is 5.20. The van der Waals surface area contributed by atoms with Crippen molar-refractivity contribution < 1.29 is 19.5 Å². The van der Waals surface area contributed by atoms with Gasteiger partial charge in [0.25, 0.3) is 11.8 Å². The van der Waals surface area contributed by atoms with Crippen LogP contribution in [0.2, 0.25) is 0 Å². The molecule has 6 nitrogen and oxygen atoms in total. The highest BCUT2D eigenvalue weighted by molar-refractivity contribution is 6.01. The van der Waals surface area contributed by atoms with E-state index in [0.29, 0.717) is 12.1 Å². The molecule has 0 aliphatic carbocycles. The Morgan fingerprint density at radius 2 is 1.81 bits per heavy atom. The van der Waals surface area contributed by atoms with E-state index in [2.05, 4.69) is 5.32 Å². The first-order valence-corrected chi connectivity index (χ1v) is 6.60. The topological polar surface area (TPSA) is 86.7 Å². The van der Waals surface area contributed by atoms with Crippen LogP contribution < -0.4 is 5.32 Å². The van der Waals surface area contributed by atoms with E-state index >= 15 is 0 Å². The molecule has 0 saturated heterocycles. The maximum absolute atomic E-state index is 12.1. The Bertz CT molecular complexity index is 567. The molecule has 114 valence electrons. The number of carboxylic acids is 1. The Morgan fingerprint density at radius 3 is 2.33 bits per heavy atom. The molecule has 0 heterocycles. The normalized spacial score (nSPS) is 10.9. The van der Waals surface area contributed by atoms with Gasteiger partial charge in [0.05, 0.1) is 0 Å². The lowest BCUT2D eigenvalue weighted by Crippen LogP contribution is -2.49. The molecule has 1 aromatic carbocycles. The fourth-order valence-corrected chi connectivity index (χ4v) is 1.57. The van der Waals surface area contributed by atoms with E-state index in [4.69, 9.17) is 5.11 Å². The van der Waals surface area contributed by atoms with E-state index < -0.39 is 17.4 Å². The summed E-state index contributed by atoms with van der Waals surface area (Å²) < 4.78 is 0. The summed E-state index contributed by atoms with van der Waals surface area (Å²) in [6.07, 6.45) is 0. The van der Waals surface area contributed by atoms with Gasteiger partial charge in [-0.2, -0.15) is 0 Å². The third-order valence-electron chi connectivity index (χ3n) is 3.15. The zero-order chi connectivity index (χ0) is 16.2. The third-order valence-corrected chi connectivity index (χ3v) is 3.15. The number of carbonyl (C=O) groups excluding carboxylic acids is 2. The smallest absolute Gasteiger partial charge is 0.328 e. The van der Waals surface area contributed by atoms with Gasteiger partial charge in [0, 0.05) is 24.7 Å². The number of benzene rings is 1. The predicted molar refractivity (Wildman–Crippen MR) is 78.3 cm³/mol. The van der Waals surface area contributed by atoms with Gasteiger partial charge >= 0.3 is 5.97 Å². The van der Waals surface area contributed by atoms with Crippen molar-refractivity contribution in [3.63, 3.8) is 0 Å². The van der Waals surface area contributed by atoms with Crippen LogP contribution in [0.25, 0.3) is 0 Å². The highest BCUT2D eigenvalue weighted by Gasteiger charge is 2.29. The molecule has 0 saturated carbocycles. The summed E-state index contributed by atoms with van der Waals surface area (Å²) in [7, 11) is 1.67. The van der Waals surface area contributed by atoms with Crippen LogP contribution in [-0.2, 0) is 4.79 Å². The maximum atomic E-state index is 12.1. The molecule has 0 unspecified atom stereocenters. The summed E-state index contributed by atoms with van der Waals surface area (Å²) in [5.41, 5.74) is -0.739. The van der Waals surface area contributed by atoms with Crippen LogP contribution in [0.1, 0.15) is 41.5 Å². The van der Waals surface area contributed by atoms with Crippen LogP contribution in [0.15, 0.2) is 24.3 Å². The highest BCUT2D eigenvalue weighted by Crippen LogP contribution is 2.10. The Balaban J connectivity index is 2.98. The largest absolute Gasteiger partial charge is 0.480 e. The number of aliphatic carboxylic acids is 1. The predicted octanol–water partition coefficient (Wildman–Crippen LogP) is 1.37. The fourth-order valence-electron chi connectivity index (χ4n) is 1.57. The lowest BCUT2D eigenvalue weighted by Gasteiger charge is -2.21. The number of rotatable bonds is 5. The van der Waals surface area contributed by atoms with Gasteiger partial charge in [-0.25, -0.2) is 4.79 Å². The Hall–Kier alpha value is -2.37. The Morgan fingerprint density at radius 1 is 1.24 bits per heavy atom. The molecule has 0 aromatic heterocycles. The minimum Gasteiger partial charge on any atom is -0.480 e. The Labute approximate surface area is 123 Å². The second kappa shape index (κ2) is 6.39. The molecule has 21 heavy (non-hydrogen) atoms. The van der Waals surface area contributed by atoms with Crippen LogP contribution in [0.5, 0.6) is 0 Å². The molecule has 6 heteroatoms. The molecular weight excluding hydrogens is 272 g/mol. The van der Waals surface area contributed by atoms with E-state index in [1.54, 1.807) is 19.2 Å². The summed E-state index contributed by atoms with van der Waals surface area (Å²) in [5.74, 6) is -1.85. The SMILES string of the molecule is CCN(C)C(=O)c1cccc(C(=O)NC(C)(C)C(=O)O)c1.